The molecule has 104 valence electrons. The van der Waals surface area contributed by atoms with E-state index >= 15 is 0 Å². The molecule has 0 radical (unpaired) electrons. The molecule has 0 bridgehead atoms. The van der Waals surface area contributed by atoms with Crippen LogP contribution in [0.3, 0.4) is 0 Å². The van der Waals surface area contributed by atoms with E-state index in [1.165, 1.54) is 6.42 Å². The molecule has 1 aliphatic rings. The highest BCUT2D eigenvalue weighted by atomic mass is 79.9. The fourth-order valence-corrected chi connectivity index (χ4v) is 3.20. The van der Waals surface area contributed by atoms with Crippen molar-refractivity contribution in [2.45, 2.75) is 44.2 Å². The van der Waals surface area contributed by atoms with Crippen LogP contribution >= 0.6 is 15.9 Å². The van der Waals surface area contributed by atoms with E-state index in [1.54, 1.807) is 4.90 Å². The number of nitrogens with two attached hydrogens (primary N) is 1. The Bertz CT molecular complexity index is 455. The number of nitrogens with zero attached hydrogens (tertiary/aromatic N) is 1. The van der Waals surface area contributed by atoms with Crippen LogP contribution in [0.4, 0.5) is 0 Å². The van der Waals surface area contributed by atoms with E-state index in [1.807, 2.05) is 31.3 Å². The minimum Gasteiger partial charge on any atom is -0.340 e. The monoisotopic (exact) mass is 324 g/mol. The van der Waals surface area contributed by atoms with Crippen molar-refractivity contribution in [1.29, 1.82) is 0 Å². The van der Waals surface area contributed by atoms with Gasteiger partial charge < -0.3 is 10.6 Å². The Morgan fingerprint density at radius 2 is 2.05 bits per heavy atom. The predicted molar refractivity (Wildman–Crippen MR) is 80.6 cm³/mol. The van der Waals surface area contributed by atoms with E-state index in [0.29, 0.717) is 6.54 Å². The topological polar surface area (TPSA) is 46.3 Å². The number of halogens is 1. The summed E-state index contributed by atoms with van der Waals surface area (Å²) in [6.45, 7) is 0.608. The van der Waals surface area contributed by atoms with Crippen molar-refractivity contribution in [2.24, 2.45) is 5.73 Å². The van der Waals surface area contributed by atoms with Crippen LogP contribution < -0.4 is 5.73 Å². The van der Waals surface area contributed by atoms with Gasteiger partial charge in [0, 0.05) is 18.1 Å². The van der Waals surface area contributed by atoms with Gasteiger partial charge in [0.2, 0.25) is 5.91 Å². The molecule has 2 N–H and O–H groups in total. The van der Waals surface area contributed by atoms with Crippen LogP contribution in [0.15, 0.2) is 28.7 Å². The summed E-state index contributed by atoms with van der Waals surface area (Å²) in [4.78, 5) is 14.3. The van der Waals surface area contributed by atoms with Crippen molar-refractivity contribution in [2.75, 3.05) is 7.05 Å². The van der Waals surface area contributed by atoms with Crippen LogP contribution in [0.2, 0.25) is 0 Å². The number of benzene rings is 1. The Hall–Kier alpha value is -0.870. The maximum absolute atomic E-state index is 12.5. The van der Waals surface area contributed by atoms with Gasteiger partial charge in [-0.3, -0.25) is 4.79 Å². The predicted octanol–water partition coefficient (Wildman–Crippen LogP) is 3.07. The molecule has 0 unspecified atom stereocenters. The van der Waals surface area contributed by atoms with Crippen LogP contribution in [0.1, 0.15) is 37.7 Å². The van der Waals surface area contributed by atoms with Gasteiger partial charge in [0.25, 0.3) is 0 Å². The number of hydrogen-bond donors (Lipinski definition) is 1. The highest BCUT2D eigenvalue weighted by Gasteiger charge is 2.37. The maximum atomic E-state index is 12.5. The lowest BCUT2D eigenvalue weighted by Gasteiger charge is -2.35. The van der Waals surface area contributed by atoms with Gasteiger partial charge in [-0.2, -0.15) is 0 Å². The molecular weight excluding hydrogens is 304 g/mol. The van der Waals surface area contributed by atoms with Gasteiger partial charge in [-0.1, -0.05) is 47.3 Å². The van der Waals surface area contributed by atoms with Gasteiger partial charge >= 0.3 is 0 Å². The standard InChI is InChI=1S/C15H21BrN2O/c1-18(11-12-6-5-7-13(16)10-12)14(19)15(17)8-3-2-4-9-15/h5-7,10H,2-4,8-9,11,17H2,1H3. The van der Waals surface area contributed by atoms with Crippen LogP contribution in [0.5, 0.6) is 0 Å². The third-order valence-electron chi connectivity index (χ3n) is 3.83. The average molecular weight is 325 g/mol. The van der Waals surface area contributed by atoms with Crippen molar-refractivity contribution >= 4 is 21.8 Å². The molecule has 1 aliphatic carbocycles. The van der Waals surface area contributed by atoms with Crippen LogP contribution in [-0.2, 0) is 11.3 Å². The molecule has 1 aromatic rings. The van der Waals surface area contributed by atoms with Crippen molar-refractivity contribution in [3.05, 3.63) is 34.3 Å². The fourth-order valence-electron chi connectivity index (χ4n) is 2.76. The highest BCUT2D eigenvalue weighted by Crippen LogP contribution is 2.28. The number of amides is 1. The second-order valence-electron chi connectivity index (χ2n) is 5.51. The van der Waals surface area contributed by atoms with Crippen molar-refractivity contribution in [3.63, 3.8) is 0 Å². The summed E-state index contributed by atoms with van der Waals surface area (Å²) in [7, 11) is 1.84. The lowest BCUT2D eigenvalue weighted by molar-refractivity contribution is -0.137. The van der Waals surface area contributed by atoms with E-state index < -0.39 is 5.54 Å². The number of carbonyl (C=O) groups excluding carboxylic acids is 1. The van der Waals surface area contributed by atoms with Gasteiger partial charge in [0.05, 0.1) is 5.54 Å². The molecule has 0 aromatic heterocycles. The molecule has 0 atom stereocenters. The third kappa shape index (κ3) is 3.57. The summed E-state index contributed by atoms with van der Waals surface area (Å²) in [6.07, 6.45) is 4.95. The van der Waals surface area contributed by atoms with Crippen LogP contribution in [0, 0.1) is 0 Å². The van der Waals surface area contributed by atoms with Crippen molar-refractivity contribution in [1.82, 2.24) is 4.90 Å². The van der Waals surface area contributed by atoms with Crippen LogP contribution in [-0.4, -0.2) is 23.4 Å². The highest BCUT2D eigenvalue weighted by molar-refractivity contribution is 9.10. The van der Waals surface area contributed by atoms with Gasteiger partial charge in [-0.05, 0) is 30.5 Å². The third-order valence-corrected chi connectivity index (χ3v) is 4.32. The maximum Gasteiger partial charge on any atom is 0.242 e. The smallest absolute Gasteiger partial charge is 0.242 e. The number of likely N-dealkylation sites (N-methyl/N-ethyl adjacent to an activating group) is 1. The summed E-state index contributed by atoms with van der Waals surface area (Å²) in [5.41, 5.74) is 6.76. The van der Waals surface area contributed by atoms with Gasteiger partial charge in [-0.25, -0.2) is 0 Å². The zero-order valence-corrected chi connectivity index (χ0v) is 12.9. The van der Waals surface area contributed by atoms with E-state index in [0.717, 1.165) is 35.7 Å². The normalized spacial score (nSPS) is 18.1. The van der Waals surface area contributed by atoms with E-state index in [9.17, 15) is 4.79 Å². The zero-order valence-electron chi connectivity index (χ0n) is 11.4. The Labute approximate surface area is 123 Å². The van der Waals surface area contributed by atoms with Crippen molar-refractivity contribution in [3.8, 4) is 0 Å². The fraction of sp³-hybridized carbons (Fsp3) is 0.533. The quantitative estimate of drug-likeness (QED) is 0.928. The largest absolute Gasteiger partial charge is 0.340 e. The van der Waals surface area contributed by atoms with Gasteiger partial charge in [-0.15, -0.1) is 0 Å². The molecule has 1 aromatic carbocycles. The Morgan fingerprint density at radius 1 is 1.37 bits per heavy atom. The molecule has 4 heteroatoms. The molecule has 19 heavy (non-hydrogen) atoms. The molecule has 0 aliphatic heterocycles. The first kappa shape index (κ1) is 14.5. The number of hydrogen-bond acceptors (Lipinski definition) is 2. The molecular formula is C15H21BrN2O. The summed E-state index contributed by atoms with van der Waals surface area (Å²) in [6, 6.07) is 8.03. The Morgan fingerprint density at radius 3 is 2.68 bits per heavy atom. The summed E-state index contributed by atoms with van der Waals surface area (Å²) >= 11 is 3.45. The SMILES string of the molecule is CN(Cc1cccc(Br)c1)C(=O)C1(N)CCCCC1. The Balaban J connectivity index is 2.03. The molecule has 1 saturated carbocycles. The molecule has 2 rings (SSSR count). The van der Waals surface area contributed by atoms with Gasteiger partial charge in [0.1, 0.15) is 0 Å². The zero-order chi connectivity index (χ0) is 13.9. The molecule has 3 nitrogen and oxygen atoms in total. The molecule has 1 fully saturated rings. The van der Waals surface area contributed by atoms with E-state index in [4.69, 9.17) is 5.73 Å². The summed E-state index contributed by atoms with van der Waals surface area (Å²) < 4.78 is 1.03. The first-order chi connectivity index (χ1) is 9.01. The first-order valence-corrected chi connectivity index (χ1v) is 7.59. The second-order valence-corrected chi connectivity index (χ2v) is 6.42. The number of carbonyl (C=O) groups is 1. The lowest BCUT2D eigenvalue weighted by atomic mass is 9.81. The minimum absolute atomic E-state index is 0.0761. The van der Waals surface area contributed by atoms with Crippen molar-refractivity contribution < 1.29 is 4.79 Å². The van der Waals surface area contributed by atoms with Gasteiger partial charge in [0.15, 0.2) is 0 Å². The lowest BCUT2D eigenvalue weighted by Crippen LogP contribution is -2.55. The second kappa shape index (κ2) is 6.06. The van der Waals surface area contributed by atoms with E-state index in [-0.39, 0.29) is 5.91 Å². The van der Waals surface area contributed by atoms with E-state index in [2.05, 4.69) is 15.9 Å². The molecule has 0 saturated heterocycles. The summed E-state index contributed by atoms with van der Waals surface area (Å²) in [5, 5.41) is 0. The average Bonchev–Trinajstić information content (AvgIpc) is 2.38. The minimum atomic E-state index is -0.640. The first-order valence-electron chi connectivity index (χ1n) is 6.80. The number of rotatable bonds is 3. The molecule has 0 spiro atoms. The molecule has 0 heterocycles. The molecule has 1 amide bonds. The Kier molecular flexibility index (Phi) is 4.63. The van der Waals surface area contributed by atoms with Crippen LogP contribution in [0.25, 0.3) is 0 Å². The summed E-state index contributed by atoms with van der Waals surface area (Å²) in [5.74, 6) is 0.0761.